The van der Waals surface area contributed by atoms with Gasteiger partial charge in [0.2, 0.25) is 0 Å². The number of aromatic nitrogens is 1. The molecule has 1 aliphatic heterocycles. The first-order valence-electron chi connectivity index (χ1n) is 7.12. The van der Waals surface area contributed by atoms with Gasteiger partial charge in [0, 0.05) is 25.2 Å². The van der Waals surface area contributed by atoms with Crippen molar-refractivity contribution in [3.8, 4) is 5.75 Å². The van der Waals surface area contributed by atoms with Gasteiger partial charge in [-0.05, 0) is 36.2 Å². The molecule has 1 saturated heterocycles. The van der Waals surface area contributed by atoms with Crippen molar-refractivity contribution in [1.29, 1.82) is 0 Å². The van der Waals surface area contributed by atoms with E-state index in [0.717, 1.165) is 25.3 Å². The van der Waals surface area contributed by atoms with Crippen LogP contribution in [0.2, 0.25) is 0 Å². The number of hydrogen-bond donors (Lipinski definition) is 0. The summed E-state index contributed by atoms with van der Waals surface area (Å²) in [6.07, 6.45) is 2.65. The lowest BCUT2D eigenvalue weighted by molar-refractivity contribution is 0.0785. The highest BCUT2D eigenvalue weighted by Gasteiger charge is 2.28. The number of amides is 1. The van der Waals surface area contributed by atoms with Crippen molar-refractivity contribution in [1.82, 2.24) is 9.88 Å². The largest absolute Gasteiger partial charge is 0.497 e. The zero-order valence-electron chi connectivity index (χ0n) is 12.0. The third-order valence-electron chi connectivity index (χ3n) is 3.95. The summed E-state index contributed by atoms with van der Waals surface area (Å²) in [5.74, 6) is 1.27. The lowest BCUT2D eigenvalue weighted by Crippen LogP contribution is -2.29. The minimum absolute atomic E-state index is 0.0200. The zero-order chi connectivity index (χ0) is 14.7. The number of ether oxygens (including phenoxy) is 1. The molecule has 108 valence electrons. The Kier molecular flexibility index (Phi) is 3.86. The van der Waals surface area contributed by atoms with Crippen LogP contribution in [0.25, 0.3) is 0 Å². The first-order valence-corrected chi connectivity index (χ1v) is 7.12. The van der Waals surface area contributed by atoms with Crippen molar-refractivity contribution in [2.75, 3.05) is 20.2 Å². The summed E-state index contributed by atoms with van der Waals surface area (Å²) in [6.45, 7) is 1.54. The molecule has 0 bridgehead atoms. The number of carbonyl (C=O) groups excluding carboxylic acids is 1. The molecule has 0 aliphatic carbocycles. The maximum atomic E-state index is 12.4. The molecule has 1 aromatic carbocycles. The van der Waals surface area contributed by atoms with Crippen LogP contribution in [-0.4, -0.2) is 36.0 Å². The van der Waals surface area contributed by atoms with Gasteiger partial charge < -0.3 is 9.64 Å². The molecule has 2 aromatic rings. The Labute approximate surface area is 124 Å². The summed E-state index contributed by atoms with van der Waals surface area (Å²) in [6, 6.07) is 13.5. The minimum atomic E-state index is 0.0200. The first kappa shape index (κ1) is 13.6. The van der Waals surface area contributed by atoms with E-state index in [1.165, 1.54) is 5.56 Å². The van der Waals surface area contributed by atoms with Gasteiger partial charge in [0.1, 0.15) is 11.4 Å². The van der Waals surface area contributed by atoms with Gasteiger partial charge in [0.25, 0.3) is 5.91 Å². The summed E-state index contributed by atoms with van der Waals surface area (Å²) >= 11 is 0. The van der Waals surface area contributed by atoms with Gasteiger partial charge >= 0.3 is 0 Å². The van der Waals surface area contributed by atoms with Gasteiger partial charge in [0.05, 0.1) is 7.11 Å². The molecular formula is C17H18N2O2. The number of rotatable bonds is 3. The summed E-state index contributed by atoms with van der Waals surface area (Å²) < 4.78 is 5.18. The fourth-order valence-corrected chi connectivity index (χ4v) is 2.74. The lowest BCUT2D eigenvalue weighted by atomic mass is 9.98. The van der Waals surface area contributed by atoms with Crippen LogP contribution in [0.4, 0.5) is 0 Å². The summed E-state index contributed by atoms with van der Waals surface area (Å²) in [5, 5.41) is 0. The van der Waals surface area contributed by atoms with Crippen molar-refractivity contribution in [2.24, 2.45) is 0 Å². The number of likely N-dealkylation sites (tertiary alicyclic amines) is 1. The van der Waals surface area contributed by atoms with Gasteiger partial charge in [-0.1, -0.05) is 18.2 Å². The Morgan fingerprint density at radius 1 is 1.24 bits per heavy atom. The molecule has 0 N–H and O–H groups in total. The van der Waals surface area contributed by atoms with E-state index < -0.39 is 0 Å². The van der Waals surface area contributed by atoms with E-state index in [4.69, 9.17) is 4.74 Å². The van der Waals surface area contributed by atoms with E-state index in [1.807, 2.05) is 29.2 Å². The fraction of sp³-hybridized carbons (Fsp3) is 0.294. The van der Waals surface area contributed by atoms with Crippen LogP contribution in [0.5, 0.6) is 5.75 Å². The van der Waals surface area contributed by atoms with Crippen LogP contribution >= 0.6 is 0 Å². The van der Waals surface area contributed by atoms with Gasteiger partial charge in [-0.3, -0.25) is 9.78 Å². The average Bonchev–Trinajstić information content (AvgIpc) is 3.05. The standard InChI is InChI=1S/C17H18N2O2/c1-21-15-7-5-13(6-8-15)14-9-11-19(12-14)17(20)16-4-2-3-10-18-16/h2-8,10,14H,9,11-12H2,1H3. The van der Waals surface area contributed by atoms with Crippen molar-refractivity contribution in [3.63, 3.8) is 0 Å². The minimum Gasteiger partial charge on any atom is -0.497 e. The van der Waals surface area contributed by atoms with E-state index in [2.05, 4.69) is 17.1 Å². The molecule has 2 heterocycles. The number of hydrogen-bond acceptors (Lipinski definition) is 3. The lowest BCUT2D eigenvalue weighted by Gasteiger charge is -2.16. The molecule has 1 unspecified atom stereocenters. The second-order valence-electron chi connectivity index (χ2n) is 5.22. The van der Waals surface area contributed by atoms with Crippen molar-refractivity contribution in [3.05, 3.63) is 59.9 Å². The van der Waals surface area contributed by atoms with E-state index >= 15 is 0 Å². The number of nitrogens with zero attached hydrogens (tertiary/aromatic N) is 2. The predicted octanol–water partition coefficient (Wildman–Crippen LogP) is 2.72. The Hall–Kier alpha value is -2.36. The smallest absolute Gasteiger partial charge is 0.272 e. The quantitative estimate of drug-likeness (QED) is 0.869. The van der Waals surface area contributed by atoms with Crippen molar-refractivity contribution >= 4 is 5.91 Å². The molecule has 1 aromatic heterocycles. The molecule has 0 spiro atoms. The first-order chi connectivity index (χ1) is 10.3. The maximum Gasteiger partial charge on any atom is 0.272 e. The summed E-state index contributed by atoms with van der Waals surface area (Å²) in [7, 11) is 1.66. The number of benzene rings is 1. The van der Waals surface area contributed by atoms with Crippen LogP contribution in [-0.2, 0) is 0 Å². The summed E-state index contributed by atoms with van der Waals surface area (Å²) in [5.41, 5.74) is 1.78. The van der Waals surface area contributed by atoms with Crippen LogP contribution in [0.3, 0.4) is 0 Å². The SMILES string of the molecule is COc1ccc(C2CCN(C(=O)c3ccccn3)C2)cc1. The molecule has 0 saturated carbocycles. The van der Waals surface area contributed by atoms with Crippen LogP contribution in [0, 0.1) is 0 Å². The van der Waals surface area contributed by atoms with Crippen LogP contribution in [0.1, 0.15) is 28.4 Å². The molecule has 1 aliphatic rings. The highest BCUT2D eigenvalue weighted by molar-refractivity contribution is 5.92. The Balaban J connectivity index is 1.69. The van der Waals surface area contributed by atoms with E-state index in [1.54, 1.807) is 19.4 Å². The number of methoxy groups -OCH3 is 1. The predicted molar refractivity (Wildman–Crippen MR) is 80.5 cm³/mol. The summed E-state index contributed by atoms with van der Waals surface area (Å²) in [4.78, 5) is 18.4. The average molecular weight is 282 g/mol. The fourth-order valence-electron chi connectivity index (χ4n) is 2.74. The highest BCUT2D eigenvalue weighted by Crippen LogP contribution is 2.29. The molecule has 1 fully saturated rings. The third kappa shape index (κ3) is 2.89. The molecule has 4 heteroatoms. The Morgan fingerprint density at radius 3 is 2.71 bits per heavy atom. The normalized spacial score (nSPS) is 17.8. The monoisotopic (exact) mass is 282 g/mol. The second kappa shape index (κ2) is 5.95. The van der Waals surface area contributed by atoms with E-state index in [9.17, 15) is 4.79 Å². The van der Waals surface area contributed by atoms with Crippen LogP contribution in [0.15, 0.2) is 48.7 Å². The topological polar surface area (TPSA) is 42.4 Å². The number of pyridine rings is 1. The highest BCUT2D eigenvalue weighted by atomic mass is 16.5. The number of carbonyl (C=O) groups is 1. The van der Waals surface area contributed by atoms with Gasteiger partial charge in [-0.25, -0.2) is 0 Å². The zero-order valence-corrected chi connectivity index (χ0v) is 12.0. The molecule has 0 radical (unpaired) electrons. The molecule has 4 nitrogen and oxygen atoms in total. The van der Waals surface area contributed by atoms with E-state index in [-0.39, 0.29) is 5.91 Å². The Bertz CT molecular complexity index is 610. The molecule has 1 atom stereocenters. The van der Waals surface area contributed by atoms with E-state index in [0.29, 0.717) is 11.6 Å². The molecule has 21 heavy (non-hydrogen) atoms. The molecule has 1 amide bonds. The Morgan fingerprint density at radius 2 is 2.05 bits per heavy atom. The van der Waals surface area contributed by atoms with Crippen molar-refractivity contribution < 1.29 is 9.53 Å². The van der Waals surface area contributed by atoms with Gasteiger partial charge in [-0.15, -0.1) is 0 Å². The molecule has 3 rings (SSSR count). The van der Waals surface area contributed by atoms with Crippen molar-refractivity contribution in [2.45, 2.75) is 12.3 Å². The third-order valence-corrected chi connectivity index (χ3v) is 3.95. The van der Waals surface area contributed by atoms with Gasteiger partial charge in [0.15, 0.2) is 0 Å². The second-order valence-corrected chi connectivity index (χ2v) is 5.22. The molecular weight excluding hydrogens is 264 g/mol. The maximum absolute atomic E-state index is 12.4. The van der Waals surface area contributed by atoms with Gasteiger partial charge in [-0.2, -0.15) is 0 Å². The van der Waals surface area contributed by atoms with Crippen LogP contribution < -0.4 is 4.74 Å².